The summed E-state index contributed by atoms with van der Waals surface area (Å²) in [6.07, 6.45) is 1.95. The van der Waals surface area contributed by atoms with E-state index < -0.39 is 28.5 Å². The molecule has 0 aliphatic heterocycles. The zero-order chi connectivity index (χ0) is 33.1. The number of nitrogens with zero attached hydrogens (tertiary/aromatic N) is 2. The van der Waals surface area contributed by atoms with E-state index in [4.69, 9.17) is 37.4 Å². The summed E-state index contributed by atoms with van der Waals surface area (Å²) in [5.74, 6) is -0.267. The number of hydrogen-bond acceptors (Lipinski definition) is 7. The molecule has 1 N–H and O–H groups in total. The second-order valence-electron chi connectivity index (χ2n) is 10.1. The largest absolute Gasteiger partial charge is 0.495 e. The average Bonchev–Trinajstić information content (AvgIpc) is 3.03. The van der Waals surface area contributed by atoms with Gasteiger partial charge < -0.3 is 24.4 Å². The van der Waals surface area contributed by atoms with Crippen LogP contribution in [0.1, 0.15) is 38.7 Å². The van der Waals surface area contributed by atoms with Crippen LogP contribution >= 0.6 is 23.2 Å². The minimum Gasteiger partial charge on any atom is -0.495 e. The highest BCUT2D eigenvalue weighted by molar-refractivity contribution is 7.92. The molecule has 1 atom stereocenters. The van der Waals surface area contributed by atoms with E-state index in [2.05, 4.69) is 5.32 Å². The molecule has 0 heterocycles. The van der Waals surface area contributed by atoms with Crippen molar-refractivity contribution in [2.75, 3.05) is 38.7 Å². The Morgan fingerprint density at radius 3 is 2.07 bits per heavy atom. The molecule has 3 rings (SSSR count). The first-order valence-corrected chi connectivity index (χ1v) is 16.6. The van der Waals surface area contributed by atoms with E-state index in [1.165, 1.54) is 56.6 Å². The summed E-state index contributed by atoms with van der Waals surface area (Å²) in [7, 11) is -0.234. The monoisotopic (exact) mass is 679 g/mol. The van der Waals surface area contributed by atoms with Crippen LogP contribution in [0.25, 0.3) is 0 Å². The van der Waals surface area contributed by atoms with Crippen molar-refractivity contribution in [3.05, 3.63) is 76.3 Å². The number of carbonyl (C=O) groups is 2. The molecule has 0 fully saturated rings. The fourth-order valence-electron chi connectivity index (χ4n) is 4.69. The lowest BCUT2D eigenvalue weighted by Gasteiger charge is -2.33. The van der Waals surface area contributed by atoms with Crippen LogP contribution in [0.5, 0.6) is 17.2 Å². The molecule has 0 radical (unpaired) electrons. The Hall–Kier alpha value is -3.67. The number of rotatable bonds is 16. The highest BCUT2D eigenvalue weighted by Gasteiger charge is 2.35. The van der Waals surface area contributed by atoms with Crippen LogP contribution in [-0.4, -0.2) is 65.6 Å². The molecular weight excluding hydrogens is 641 g/mol. The maximum absolute atomic E-state index is 14.3. The fraction of sp³-hybridized carbons (Fsp3) is 0.375. The third kappa shape index (κ3) is 8.96. The molecule has 2 amide bonds. The number of benzene rings is 3. The van der Waals surface area contributed by atoms with Crippen molar-refractivity contribution >= 4 is 50.7 Å². The number of sulfonamides is 1. The van der Waals surface area contributed by atoms with E-state index in [1.54, 1.807) is 37.3 Å². The minimum atomic E-state index is -4.44. The Balaban J connectivity index is 2.15. The Morgan fingerprint density at radius 1 is 0.844 bits per heavy atom. The predicted molar refractivity (Wildman–Crippen MR) is 176 cm³/mol. The second kappa shape index (κ2) is 16.6. The smallest absolute Gasteiger partial charge is 0.265 e. The number of ether oxygens (including phenoxy) is 3. The molecule has 45 heavy (non-hydrogen) atoms. The molecule has 0 saturated carbocycles. The van der Waals surface area contributed by atoms with Gasteiger partial charge in [0.1, 0.15) is 18.3 Å². The van der Waals surface area contributed by atoms with Crippen LogP contribution in [-0.2, 0) is 26.2 Å². The van der Waals surface area contributed by atoms with Crippen LogP contribution in [0.4, 0.5) is 5.69 Å². The van der Waals surface area contributed by atoms with Gasteiger partial charge in [-0.25, -0.2) is 8.42 Å². The van der Waals surface area contributed by atoms with Gasteiger partial charge in [-0.15, -0.1) is 0 Å². The Kier molecular flexibility index (Phi) is 13.2. The van der Waals surface area contributed by atoms with Crippen LogP contribution < -0.4 is 23.8 Å². The quantitative estimate of drug-likeness (QED) is 0.186. The van der Waals surface area contributed by atoms with E-state index in [0.717, 1.165) is 17.1 Å². The highest BCUT2D eigenvalue weighted by Crippen LogP contribution is 2.37. The molecule has 0 saturated heterocycles. The standard InChI is InChI=1S/C32H39Cl2N3O7S/c1-6-8-17-35-32(39)26(7-2)36(20-22-9-11-23(33)12-10-22)31(38)21-37(27-18-24(34)13-15-28(27)42-3)45(40,41)25-14-16-29(43-4)30(19-25)44-5/h9-16,18-19,26H,6-8,17,20-21H2,1-5H3,(H,35,39)/t26-/m1/s1. The van der Waals surface area contributed by atoms with Gasteiger partial charge in [0, 0.05) is 29.2 Å². The Bertz CT molecular complexity index is 1570. The normalized spacial score (nSPS) is 11.8. The van der Waals surface area contributed by atoms with Gasteiger partial charge in [0.25, 0.3) is 10.0 Å². The number of carbonyl (C=O) groups excluding carboxylic acids is 2. The molecule has 13 heteroatoms. The molecule has 0 aliphatic rings. The van der Waals surface area contributed by atoms with Crippen molar-refractivity contribution in [3.8, 4) is 17.2 Å². The van der Waals surface area contributed by atoms with Gasteiger partial charge in [0.15, 0.2) is 11.5 Å². The Labute approximate surface area is 275 Å². The van der Waals surface area contributed by atoms with E-state index in [9.17, 15) is 18.0 Å². The number of hydrogen-bond donors (Lipinski definition) is 1. The second-order valence-corrected chi connectivity index (χ2v) is 12.8. The topological polar surface area (TPSA) is 114 Å². The van der Waals surface area contributed by atoms with E-state index in [1.807, 2.05) is 6.92 Å². The number of halogens is 2. The van der Waals surface area contributed by atoms with Gasteiger partial charge in [0.2, 0.25) is 11.8 Å². The summed E-state index contributed by atoms with van der Waals surface area (Å²) in [5, 5.41) is 3.65. The lowest BCUT2D eigenvalue weighted by atomic mass is 10.1. The average molecular weight is 681 g/mol. The van der Waals surface area contributed by atoms with Crippen molar-refractivity contribution in [2.45, 2.75) is 50.6 Å². The summed E-state index contributed by atoms with van der Waals surface area (Å²) < 4.78 is 45.7. The first-order valence-electron chi connectivity index (χ1n) is 14.4. The maximum atomic E-state index is 14.3. The lowest BCUT2D eigenvalue weighted by molar-refractivity contribution is -0.140. The number of amides is 2. The van der Waals surface area contributed by atoms with Gasteiger partial charge in [-0.05, 0) is 60.9 Å². The Morgan fingerprint density at radius 2 is 1.47 bits per heavy atom. The van der Waals surface area contributed by atoms with Crippen LogP contribution in [0.2, 0.25) is 10.0 Å². The lowest BCUT2D eigenvalue weighted by Crippen LogP contribution is -2.52. The third-order valence-corrected chi connectivity index (χ3v) is 9.36. The molecule has 0 spiro atoms. The van der Waals surface area contributed by atoms with Gasteiger partial charge >= 0.3 is 0 Å². The molecule has 3 aromatic rings. The first-order chi connectivity index (χ1) is 21.5. The fourth-order valence-corrected chi connectivity index (χ4v) is 6.41. The van der Waals surface area contributed by atoms with Gasteiger partial charge in [0.05, 0.1) is 31.9 Å². The minimum absolute atomic E-state index is 0.0344. The van der Waals surface area contributed by atoms with Crippen molar-refractivity contribution in [3.63, 3.8) is 0 Å². The summed E-state index contributed by atoms with van der Waals surface area (Å²) in [6.45, 7) is 3.63. The summed E-state index contributed by atoms with van der Waals surface area (Å²) in [6, 6.07) is 14.6. The van der Waals surface area contributed by atoms with Gasteiger partial charge in [-0.1, -0.05) is 55.6 Å². The summed E-state index contributed by atoms with van der Waals surface area (Å²) in [4.78, 5) is 28.9. The molecule has 10 nitrogen and oxygen atoms in total. The highest BCUT2D eigenvalue weighted by atomic mass is 35.5. The maximum Gasteiger partial charge on any atom is 0.265 e. The molecule has 0 bridgehead atoms. The number of unbranched alkanes of at least 4 members (excludes halogenated alkanes) is 1. The SMILES string of the molecule is CCCCNC(=O)[C@@H](CC)N(Cc1ccc(Cl)cc1)C(=O)CN(c1cc(Cl)ccc1OC)S(=O)(=O)c1ccc(OC)c(OC)c1. The molecule has 0 aliphatic carbocycles. The molecule has 3 aromatic carbocycles. The zero-order valence-corrected chi connectivity index (χ0v) is 28.3. The number of methoxy groups -OCH3 is 3. The van der Waals surface area contributed by atoms with Crippen LogP contribution in [0.3, 0.4) is 0 Å². The molecular formula is C32H39Cl2N3O7S. The third-order valence-electron chi connectivity index (χ3n) is 7.11. The van der Waals surface area contributed by atoms with E-state index in [-0.39, 0.29) is 39.6 Å². The van der Waals surface area contributed by atoms with Gasteiger partial charge in [-0.3, -0.25) is 13.9 Å². The van der Waals surface area contributed by atoms with Crippen LogP contribution in [0, 0.1) is 0 Å². The number of anilines is 1. The van der Waals surface area contributed by atoms with Crippen molar-refractivity contribution in [1.29, 1.82) is 0 Å². The number of nitrogens with one attached hydrogen (secondary N) is 1. The summed E-state index contributed by atoms with van der Waals surface area (Å²) >= 11 is 12.4. The predicted octanol–water partition coefficient (Wildman–Crippen LogP) is 5.94. The van der Waals surface area contributed by atoms with E-state index in [0.29, 0.717) is 29.3 Å². The summed E-state index contributed by atoms with van der Waals surface area (Å²) in [5.41, 5.74) is 0.752. The molecule has 244 valence electrons. The molecule has 0 unspecified atom stereocenters. The molecule has 0 aromatic heterocycles. The zero-order valence-electron chi connectivity index (χ0n) is 26.0. The van der Waals surface area contributed by atoms with Gasteiger partial charge in [-0.2, -0.15) is 0 Å². The van der Waals surface area contributed by atoms with Crippen molar-refractivity contribution in [2.24, 2.45) is 0 Å². The van der Waals surface area contributed by atoms with Crippen LogP contribution in [0.15, 0.2) is 65.6 Å². The van der Waals surface area contributed by atoms with Crippen molar-refractivity contribution < 1.29 is 32.2 Å². The van der Waals surface area contributed by atoms with E-state index >= 15 is 0 Å². The first kappa shape index (κ1) is 35.8. The van der Waals surface area contributed by atoms with Crippen molar-refractivity contribution in [1.82, 2.24) is 10.2 Å².